The van der Waals surface area contributed by atoms with Crippen LogP contribution in [0, 0.1) is 0 Å². The van der Waals surface area contributed by atoms with Gasteiger partial charge in [-0.1, -0.05) is 42.5 Å². The van der Waals surface area contributed by atoms with E-state index in [9.17, 15) is 19.2 Å². The van der Waals surface area contributed by atoms with Crippen molar-refractivity contribution < 1.29 is 23.9 Å². The SMILES string of the molecule is CNC(=O)CNC(=O)COC(=O)CNC(=O)Cc1cccc2ccccc12. The van der Waals surface area contributed by atoms with Gasteiger partial charge >= 0.3 is 5.97 Å². The number of benzene rings is 2. The molecule has 0 atom stereocenters. The molecule has 27 heavy (non-hydrogen) atoms. The van der Waals surface area contributed by atoms with Crippen molar-refractivity contribution in [3.8, 4) is 0 Å². The number of hydrogen-bond acceptors (Lipinski definition) is 5. The van der Waals surface area contributed by atoms with Gasteiger partial charge in [0.25, 0.3) is 5.91 Å². The van der Waals surface area contributed by atoms with Gasteiger partial charge in [0.05, 0.1) is 13.0 Å². The summed E-state index contributed by atoms with van der Waals surface area (Å²) in [4.78, 5) is 46.1. The fraction of sp³-hybridized carbons (Fsp3) is 0.263. The topological polar surface area (TPSA) is 114 Å². The third-order valence-corrected chi connectivity index (χ3v) is 3.75. The van der Waals surface area contributed by atoms with Gasteiger partial charge in [0.1, 0.15) is 6.54 Å². The molecule has 8 nitrogen and oxygen atoms in total. The maximum Gasteiger partial charge on any atom is 0.325 e. The molecule has 0 saturated heterocycles. The standard InChI is InChI=1S/C19H21N3O5/c1-20-17(24)10-21-18(25)12-27-19(26)11-22-16(23)9-14-7-4-6-13-5-2-3-8-15(13)14/h2-8H,9-12H2,1H3,(H,20,24)(H,21,25)(H,22,23). The number of esters is 1. The zero-order valence-electron chi connectivity index (χ0n) is 14.9. The summed E-state index contributed by atoms with van der Waals surface area (Å²) in [7, 11) is 1.44. The first kappa shape index (κ1) is 19.9. The monoisotopic (exact) mass is 371 g/mol. The van der Waals surface area contributed by atoms with Crippen LogP contribution in [0.25, 0.3) is 10.8 Å². The number of carbonyl (C=O) groups is 4. The predicted octanol–water partition coefficient (Wildman–Crippen LogP) is -0.0961. The molecule has 142 valence electrons. The Balaban J connectivity index is 1.74. The van der Waals surface area contributed by atoms with E-state index in [0.29, 0.717) is 0 Å². The molecule has 0 spiro atoms. The number of rotatable bonds is 8. The lowest BCUT2D eigenvalue weighted by Gasteiger charge is -2.08. The molecule has 0 aliphatic carbocycles. The lowest BCUT2D eigenvalue weighted by atomic mass is 10.0. The van der Waals surface area contributed by atoms with E-state index in [1.54, 1.807) is 0 Å². The molecule has 0 aromatic heterocycles. The van der Waals surface area contributed by atoms with Crippen LogP contribution in [0.2, 0.25) is 0 Å². The quantitative estimate of drug-likeness (QED) is 0.561. The van der Waals surface area contributed by atoms with Gasteiger partial charge in [-0.25, -0.2) is 0 Å². The number of ether oxygens (including phenoxy) is 1. The smallest absolute Gasteiger partial charge is 0.325 e. The van der Waals surface area contributed by atoms with E-state index in [0.717, 1.165) is 16.3 Å². The number of hydrogen-bond donors (Lipinski definition) is 3. The van der Waals surface area contributed by atoms with Crippen molar-refractivity contribution in [1.82, 2.24) is 16.0 Å². The number of nitrogens with one attached hydrogen (secondary N) is 3. The van der Waals surface area contributed by atoms with Crippen LogP contribution in [0.4, 0.5) is 0 Å². The fourth-order valence-electron chi connectivity index (χ4n) is 2.37. The second-order valence-electron chi connectivity index (χ2n) is 5.70. The third kappa shape index (κ3) is 6.43. The van der Waals surface area contributed by atoms with Crippen molar-refractivity contribution in [2.75, 3.05) is 26.7 Å². The van der Waals surface area contributed by atoms with E-state index in [1.165, 1.54) is 7.05 Å². The normalized spacial score (nSPS) is 10.1. The second-order valence-corrected chi connectivity index (χ2v) is 5.70. The van der Waals surface area contributed by atoms with Gasteiger partial charge in [-0.15, -0.1) is 0 Å². The van der Waals surface area contributed by atoms with Crippen LogP contribution in [0.15, 0.2) is 42.5 Å². The summed E-state index contributed by atoms with van der Waals surface area (Å²) in [6.07, 6.45) is 0.126. The summed E-state index contributed by atoms with van der Waals surface area (Å²) in [5.74, 6) is -2.03. The summed E-state index contributed by atoms with van der Waals surface area (Å²) in [6.45, 7) is -1.06. The summed E-state index contributed by atoms with van der Waals surface area (Å²) in [5.41, 5.74) is 0.854. The van der Waals surface area contributed by atoms with Crippen LogP contribution in [0.5, 0.6) is 0 Å². The van der Waals surface area contributed by atoms with Crippen molar-refractivity contribution in [2.24, 2.45) is 0 Å². The minimum Gasteiger partial charge on any atom is -0.454 e. The van der Waals surface area contributed by atoms with Gasteiger partial charge in [-0.2, -0.15) is 0 Å². The summed E-state index contributed by atoms with van der Waals surface area (Å²) in [6, 6.07) is 13.4. The molecule has 0 fully saturated rings. The highest BCUT2D eigenvalue weighted by Crippen LogP contribution is 2.18. The van der Waals surface area contributed by atoms with E-state index in [1.807, 2.05) is 42.5 Å². The molecule has 0 unspecified atom stereocenters. The average molecular weight is 371 g/mol. The zero-order chi connectivity index (χ0) is 19.6. The van der Waals surface area contributed by atoms with Crippen LogP contribution >= 0.6 is 0 Å². The molecule has 3 amide bonds. The average Bonchev–Trinajstić information content (AvgIpc) is 2.69. The Hall–Kier alpha value is -3.42. The molecule has 0 aliphatic rings. The Bertz CT molecular complexity index is 845. The van der Waals surface area contributed by atoms with E-state index in [2.05, 4.69) is 16.0 Å². The molecule has 0 bridgehead atoms. The summed E-state index contributed by atoms with van der Waals surface area (Å²) in [5, 5.41) is 9.11. The predicted molar refractivity (Wildman–Crippen MR) is 98.7 cm³/mol. The Labute approximate surface area is 156 Å². The third-order valence-electron chi connectivity index (χ3n) is 3.75. The van der Waals surface area contributed by atoms with Crippen molar-refractivity contribution >= 4 is 34.5 Å². The molecule has 2 aromatic rings. The zero-order valence-corrected chi connectivity index (χ0v) is 14.9. The second kappa shape index (κ2) is 9.91. The van der Waals surface area contributed by atoms with Crippen molar-refractivity contribution in [3.63, 3.8) is 0 Å². The highest BCUT2D eigenvalue weighted by molar-refractivity contribution is 5.91. The van der Waals surface area contributed by atoms with Gasteiger partial charge < -0.3 is 20.7 Å². The van der Waals surface area contributed by atoms with Gasteiger partial charge in [-0.05, 0) is 16.3 Å². The lowest BCUT2D eigenvalue weighted by molar-refractivity contribution is -0.148. The van der Waals surface area contributed by atoms with Crippen molar-refractivity contribution in [2.45, 2.75) is 6.42 Å². The summed E-state index contributed by atoms with van der Waals surface area (Å²) < 4.78 is 4.74. The minimum atomic E-state index is -0.739. The molecule has 3 N–H and O–H groups in total. The van der Waals surface area contributed by atoms with Gasteiger partial charge in [0.2, 0.25) is 11.8 Å². The molecule has 2 aromatic carbocycles. The highest BCUT2D eigenvalue weighted by atomic mass is 16.5. The largest absolute Gasteiger partial charge is 0.454 e. The van der Waals surface area contributed by atoms with Crippen molar-refractivity contribution in [3.05, 3.63) is 48.0 Å². The molecule has 0 aliphatic heterocycles. The first-order valence-corrected chi connectivity index (χ1v) is 8.36. The minimum absolute atomic E-state index is 0.126. The van der Waals surface area contributed by atoms with Gasteiger partial charge in [0.15, 0.2) is 6.61 Å². The van der Waals surface area contributed by atoms with Crippen LogP contribution in [-0.4, -0.2) is 50.4 Å². The molecule has 8 heteroatoms. The number of fused-ring (bicyclic) bond motifs is 1. The number of carbonyl (C=O) groups excluding carboxylic acids is 4. The van der Waals surface area contributed by atoms with E-state index in [-0.39, 0.29) is 31.3 Å². The molecule has 2 rings (SSSR count). The fourth-order valence-corrected chi connectivity index (χ4v) is 2.37. The maximum atomic E-state index is 12.1. The first-order valence-electron chi connectivity index (χ1n) is 8.36. The molecule has 0 radical (unpaired) electrons. The van der Waals surface area contributed by atoms with Crippen LogP contribution in [0.3, 0.4) is 0 Å². The van der Waals surface area contributed by atoms with Crippen LogP contribution in [-0.2, 0) is 30.3 Å². The molecule has 0 saturated carbocycles. The Morgan fingerprint density at radius 2 is 1.56 bits per heavy atom. The van der Waals surface area contributed by atoms with E-state index >= 15 is 0 Å². The number of amides is 3. The Morgan fingerprint density at radius 1 is 0.852 bits per heavy atom. The maximum absolute atomic E-state index is 12.1. The Morgan fingerprint density at radius 3 is 2.33 bits per heavy atom. The van der Waals surface area contributed by atoms with E-state index < -0.39 is 18.5 Å². The lowest BCUT2D eigenvalue weighted by Crippen LogP contribution is -2.38. The van der Waals surface area contributed by atoms with Crippen LogP contribution in [0.1, 0.15) is 5.56 Å². The number of likely N-dealkylation sites (N-methyl/N-ethyl adjacent to an activating group) is 1. The van der Waals surface area contributed by atoms with E-state index in [4.69, 9.17) is 4.74 Å². The van der Waals surface area contributed by atoms with Crippen molar-refractivity contribution in [1.29, 1.82) is 0 Å². The van der Waals surface area contributed by atoms with Gasteiger partial charge in [0, 0.05) is 7.05 Å². The van der Waals surface area contributed by atoms with Crippen LogP contribution < -0.4 is 16.0 Å². The highest BCUT2D eigenvalue weighted by Gasteiger charge is 2.11. The molecule has 0 heterocycles. The van der Waals surface area contributed by atoms with Gasteiger partial charge in [-0.3, -0.25) is 19.2 Å². The first-order chi connectivity index (χ1) is 13.0. The summed E-state index contributed by atoms with van der Waals surface area (Å²) >= 11 is 0. The Kier molecular flexibility index (Phi) is 7.30. The molecular weight excluding hydrogens is 350 g/mol. The molecular formula is C19H21N3O5.